The second kappa shape index (κ2) is 12.9. The van der Waals surface area contributed by atoms with Crippen molar-refractivity contribution in [2.75, 3.05) is 24.5 Å². The van der Waals surface area contributed by atoms with Crippen LogP contribution < -0.4 is 26.8 Å². The number of phenolic OH excluding ortho intramolecular Hbond substituents is 1. The number of nitrogens with two attached hydrogens (primary N) is 1. The number of anilines is 1. The van der Waals surface area contributed by atoms with Crippen molar-refractivity contribution in [3.63, 3.8) is 0 Å². The number of halogens is 1. The van der Waals surface area contributed by atoms with Crippen LogP contribution in [0.4, 0.5) is 10.1 Å². The van der Waals surface area contributed by atoms with Crippen LogP contribution in [0.3, 0.4) is 0 Å². The van der Waals surface area contributed by atoms with E-state index in [9.17, 15) is 19.1 Å². The Morgan fingerprint density at radius 2 is 1.73 bits per heavy atom. The van der Waals surface area contributed by atoms with Gasteiger partial charge in [-0.2, -0.15) is 5.10 Å². The first kappa shape index (κ1) is 31.4. The smallest absolute Gasteiger partial charge is 0.249 e. The summed E-state index contributed by atoms with van der Waals surface area (Å²) in [6.45, 7) is 2.91. The van der Waals surface area contributed by atoms with Crippen LogP contribution in [-0.2, 0) is 16.0 Å². The van der Waals surface area contributed by atoms with E-state index in [1.54, 1.807) is 6.08 Å². The zero-order valence-corrected chi connectivity index (χ0v) is 27.5. The number of aromatic nitrogens is 2. The van der Waals surface area contributed by atoms with Crippen LogP contribution in [-0.4, -0.2) is 63.3 Å². The number of phenols is 1. The normalized spacial score (nSPS) is 25.0. The minimum atomic E-state index is -0.439. The number of benzene rings is 2. The highest BCUT2D eigenvalue weighted by Crippen LogP contribution is 2.42. The second-order valence-corrected chi connectivity index (χ2v) is 14.0. The second-order valence-electron chi connectivity index (χ2n) is 14.0. The van der Waals surface area contributed by atoms with Gasteiger partial charge in [-0.3, -0.25) is 30.4 Å². The summed E-state index contributed by atoms with van der Waals surface area (Å²) in [4.78, 5) is 29.2. The van der Waals surface area contributed by atoms with Gasteiger partial charge in [-0.05, 0) is 98.8 Å². The average Bonchev–Trinajstić information content (AvgIpc) is 3.78. The molecule has 0 bridgehead atoms. The molecule has 256 valence electrons. The van der Waals surface area contributed by atoms with Crippen molar-refractivity contribution in [2.45, 2.75) is 81.8 Å². The van der Waals surface area contributed by atoms with E-state index in [0.29, 0.717) is 47.9 Å². The molecule has 0 spiro atoms. The first-order valence-corrected chi connectivity index (χ1v) is 17.6. The van der Waals surface area contributed by atoms with Gasteiger partial charge in [0.2, 0.25) is 11.8 Å². The number of aromatic hydroxyl groups is 1. The van der Waals surface area contributed by atoms with Crippen molar-refractivity contribution in [1.82, 2.24) is 30.8 Å². The van der Waals surface area contributed by atoms with Crippen LogP contribution in [0.5, 0.6) is 5.75 Å². The molecule has 3 fully saturated rings. The minimum absolute atomic E-state index is 0.0281. The summed E-state index contributed by atoms with van der Waals surface area (Å²) >= 11 is 0. The van der Waals surface area contributed by atoms with Gasteiger partial charge in [-0.25, -0.2) is 4.39 Å². The molecule has 4 aliphatic heterocycles. The number of hydrazine groups is 1. The number of carbonyl (C=O) groups is 2. The molecule has 2 saturated heterocycles. The van der Waals surface area contributed by atoms with E-state index in [0.717, 1.165) is 50.0 Å². The zero-order valence-electron chi connectivity index (χ0n) is 27.5. The topological polar surface area (TPSA) is 141 Å². The molecule has 12 heteroatoms. The van der Waals surface area contributed by atoms with Gasteiger partial charge < -0.3 is 20.6 Å². The highest BCUT2D eigenvalue weighted by atomic mass is 19.1. The lowest BCUT2D eigenvalue weighted by atomic mass is 9.79. The molecule has 3 aromatic rings. The summed E-state index contributed by atoms with van der Waals surface area (Å²) in [7, 11) is 0. The molecule has 1 aromatic heterocycles. The van der Waals surface area contributed by atoms with Gasteiger partial charge in [0, 0.05) is 60.7 Å². The summed E-state index contributed by atoms with van der Waals surface area (Å²) in [5.41, 5.74) is 18.6. The summed E-state index contributed by atoms with van der Waals surface area (Å²) in [6, 6.07) is 11.1. The van der Waals surface area contributed by atoms with Crippen LogP contribution in [0, 0.1) is 5.82 Å². The molecule has 2 amide bonds. The van der Waals surface area contributed by atoms with Gasteiger partial charge in [-0.1, -0.05) is 12.1 Å². The first-order valence-electron chi connectivity index (χ1n) is 17.6. The van der Waals surface area contributed by atoms with Crippen LogP contribution in [0.1, 0.15) is 85.6 Å². The predicted molar refractivity (Wildman–Crippen MR) is 184 cm³/mol. The number of fused-ring (bicyclic) bond motifs is 1. The number of imide groups is 1. The fourth-order valence-electron chi connectivity index (χ4n) is 8.68. The molecule has 11 nitrogen and oxygen atoms in total. The Morgan fingerprint density at radius 1 is 0.918 bits per heavy atom. The Balaban J connectivity index is 0.871. The van der Waals surface area contributed by atoms with E-state index in [4.69, 9.17) is 10.8 Å². The molecule has 1 aliphatic carbocycles. The van der Waals surface area contributed by atoms with E-state index in [1.165, 1.54) is 60.7 Å². The number of amides is 2. The van der Waals surface area contributed by atoms with Gasteiger partial charge >= 0.3 is 0 Å². The number of rotatable bonds is 6. The SMILES string of the molecule is NC1=C(c2cnn(C3CCN(C4CCC(c5cccc6c5CCN6[C@@H]5CCC(=O)NC5=O)CC4)CC3)c2)C=C(c2cc(F)ccc2O)NN1. The lowest BCUT2D eigenvalue weighted by Crippen LogP contribution is -2.52. The van der Waals surface area contributed by atoms with Crippen molar-refractivity contribution in [3.05, 3.63) is 88.8 Å². The maximum atomic E-state index is 13.9. The minimum Gasteiger partial charge on any atom is -0.507 e. The average molecular weight is 667 g/mol. The van der Waals surface area contributed by atoms with E-state index in [1.807, 2.05) is 17.1 Å². The third-order valence-corrected chi connectivity index (χ3v) is 11.3. The maximum absolute atomic E-state index is 13.9. The molecule has 1 atom stereocenters. The van der Waals surface area contributed by atoms with Crippen molar-refractivity contribution < 1.29 is 19.1 Å². The predicted octanol–water partition coefficient (Wildman–Crippen LogP) is 4.04. The molecule has 8 rings (SSSR count). The number of likely N-dealkylation sites (tertiary alicyclic amines) is 1. The van der Waals surface area contributed by atoms with Gasteiger partial charge in [0.05, 0.1) is 17.9 Å². The van der Waals surface area contributed by atoms with Gasteiger partial charge in [0.25, 0.3) is 0 Å². The number of carbonyl (C=O) groups excluding carboxylic acids is 2. The number of piperidine rings is 2. The largest absolute Gasteiger partial charge is 0.507 e. The van der Waals surface area contributed by atoms with Gasteiger partial charge in [-0.15, -0.1) is 0 Å². The van der Waals surface area contributed by atoms with Crippen molar-refractivity contribution in [2.24, 2.45) is 5.73 Å². The quantitative estimate of drug-likeness (QED) is 0.247. The molecule has 0 radical (unpaired) electrons. The summed E-state index contributed by atoms with van der Waals surface area (Å²) in [6.07, 6.45) is 14.3. The molecule has 2 aromatic carbocycles. The number of hydrogen-bond donors (Lipinski definition) is 5. The highest BCUT2D eigenvalue weighted by molar-refractivity contribution is 6.02. The Labute approximate surface area is 285 Å². The molecule has 5 aliphatic rings. The van der Waals surface area contributed by atoms with Crippen molar-refractivity contribution in [1.29, 1.82) is 0 Å². The molecular formula is C37H43FN8O3. The van der Waals surface area contributed by atoms with E-state index in [2.05, 4.69) is 44.2 Å². The number of nitrogens with zero attached hydrogens (tertiary/aromatic N) is 4. The number of nitrogens with one attached hydrogen (secondary N) is 3. The van der Waals surface area contributed by atoms with E-state index < -0.39 is 5.82 Å². The summed E-state index contributed by atoms with van der Waals surface area (Å²) in [5.74, 6) is 0.170. The molecule has 5 heterocycles. The Hall–Kier alpha value is -4.84. The van der Waals surface area contributed by atoms with Crippen LogP contribution in [0.25, 0.3) is 11.3 Å². The fraction of sp³-hybridized carbons (Fsp3) is 0.432. The van der Waals surface area contributed by atoms with Gasteiger partial charge in [0.15, 0.2) is 0 Å². The zero-order chi connectivity index (χ0) is 33.6. The lowest BCUT2D eigenvalue weighted by molar-refractivity contribution is -0.134. The molecule has 6 N–H and O–H groups in total. The van der Waals surface area contributed by atoms with Gasteiger partial charge in [0.1, 0.15) is 23.4 Å². The third-order valence-electron chi connectivity index (χ3n) is 11.3. The highest BCUT2D eigenvalue weighted by Gasteiger charge is 2.37. The first-order chi connectivity index (χ1) is 23.8. The standard InChI is InChI=1S/C37H43FN8O3/c38-24-6-10-34(47)30(18-24)31-19-29(36(39)43-42-31)23-20-40-46(21-23)26-12-15-44(16-13-26)25-7-4-22(5-8-25)27-2-1-3-32-28(27)14-17-45(32)33-9-11-35(48)41-37(33)49/h1-3,6,10,18-22,25-26,33,42-43,47H,4-5,7-9,11-17,39H2,(H,41,48,49)/t22?,25?,33-/m1/s1. The Kier molecular flexibility index (Phi) is 8.26. The third kappa shape index (κ3) is 6.03. The number of hydrogen-bond acceptors (Lipinski definition) is 9. The fourth-order valence-corrected chi connectivity index (χ4v) is 8.68. The maximum Gasteiger partial charge on any atom is 0.249 e. The molecule has 1 saturated carbocycles. The summed E-state index contributed by atoms with van der Waals surface area (Å²) in [5, 5.41) is 17.5. The summed E-state index contributed by atoms with van der Waals surface area (Å²) < 4.78 is 16.0. The van der Waals surface area contributed by atoms with Crippen LogP contribution in [0.2, 0.25) is 0 Å². The van der Waals surface area contributed by atoms with E-state index in [-0.39, 0.29) is 23.6 Å². The van der Waals surface area contributed by atoms with Crippen molar-refractivity contribution >= 4 is 28.8 Å². The van der Waals surface area contributed by atoms with Crippen LogP contribution in [0.15, 0.2) is 60.7 Å². The molecule has 49 heavy (non-hydrogen) atoms. The molecule has 0 unspecified atom stereocenters. The van der Waals surface area contributed by atoms with Crippen molar-refractivity contribution in [3.8, 4) is 5.75 Å². The van der Waals surface area contributed by atoms with Crippen LogP contribution >= 0.6 is 0 Å². The lowest BCUT2D eigenvalue weighted by Gasteiger charge is -2.41. The monoisotopic (exact) mass is 666 g/mol. The van der Waals surface area contributed by atoms with E-state index >= 15 is 0 Å². The molecular weight excluding hydrogens is 623 g/mol. The Bertz CT molecular complexity index is 1840. The Morgan fingerprint density at radius 3 is 2.53 bits per heavy atom. The number of allylic oxidation sites excluding steroid dienone is 2.